The third kappa shape index (κ3) is 2.68. The van der Waals surface area contributed by atoms with Crippen molar-refractivity contribution in [2.24, 2.45) is 0 Å². The highest BCUT2D eigenvalue weighted by molar-refractivity contribution is 5.46. The highest BCUT2D eigenvalue weighted by Crippen LogP contribution is 2.45. The van der Waals surface area contributed by atoms with Crippen molar-refractivity contribution < 1.29 is 4.74 Å². The van der Waals surface area contributed by atoms with Crippen molar-refractivity contribution in [3.8, 4) is 5.75 Å². The van der Waals surface area contributed by atoms with Crippen molar-refractivity contribution in [2.45, 2.75) is 31.7 Å². The lowest BCUT2D eigenvalue weighted by atomic mass is 9.71. The van der Waals surface area contributed by atoms with Gasteiger partial charge in [0.15, 0.2) is 0 Å². The Kier molecular flexibility index (Phi) is 4.26. The molecule has 2 aromatic carbocycles. The molecule has 2 unspecified atom stereocenters. The van der Waals surface area contributed by atoms with Crippen LogP contribution in [0.3, 0.4) is 0 Å². The van der Waals surface area contributed by atoms with Gasteiger partial charge in [-0.15, -0.1) is 0 Å². The number of nitrogens with one attached hydrogen (secondary N) is 1. The van der Waals surface area contributed by atoms with E-state index in [1.807, 2.05) is 6.07 Å². The number of benzene rings is 2. The Labute approximate surface area is 127 Å². The lowest BCUT2D eigenvalue weighted by Gasteiger charge is -2.38. The molecule has 2 atom stereocenters. The van der Waals surface area contributed by atoms with E-state index >= 15 is 0 Å². The van der Waals surface area contributed by atoms with Gasteiger partial charge in [0, 0.05) is 17.5 Å². The van der Waals surface area contributed by atoms with Crippen molar-refractivity contribution in [1.29, 1.82) is 0 Å². The number of para-hydroxylation sites is 1. The monoisotopic (exact) mass is 281 g/mol. The van der Waals surface area contributed by atoms with Gasteiger partial charge in [0.05, 0.1) is 7.11 Å². The normalized spacial score (nSPS) is 17.7. The van der Waals surface area contributed by atoms with E-state index in [1.165, 1.54) is 16.7 Å². The van der Waals surface area contributed by atoms with Gasteiger partial charge in [-0.1, -0.05) is 49.4 Å². The van der Waals surface area contributed by atoms with Gasteiger partial charge in [-0.2, -0.15) is 0 Å². The molecule has 0 fully saturated rings. The number of rotatable bonds is 6. The fraction of sp³-hybridized carbons (Fsp3) is 0.368. The molecule has 0 heterocycles. The topological polar surface area (TPSA) is 21.3 Å². The number of fused-ring (bicyclic) bond motifs is 1. The molecule has 2 aromatic rings. The number of hydrogen-bond donors (Lipinski definition) is 1. The van der Waals surface area contributed by atoms with Gasteiger partial charge in [-0.25, -0.2) is 0 Å². The van der Waals surface area contributed by atoms with Crippen molar-refractivity contribution in [1.82, 2.24) is 5.32 Å². The molecule has 1 N–H and O–H groups in total. The Bertz CT molecular complexity index is 608. The summed E-state index contributed by atoms with van der Waals surface area (Å²) < 4.78 is 5.57. The Morgan fingerprint density at radius 2 is 1.90 bits per heavy atom. The summed E-state index contributed by atoms with van der Waals surface area (Å²) in [5.74, 6) is 1.53. The zero-order valence-corrected chi connectivity index (χ0v) is 12.8. The largest absolute Gasteiger partial charge is 0.496 e. The molecule has 0 radical (unpaired) electrons. The van der Waals surface area contributed by atoms with Gasteiger partial charge in [0.25, 0.3) is 0 Å². The van der Waals surface area contributed by atoms with E-state index in [2.05, 4.69) is 54.7 Å². The maximum absolute atomic E-state index is 5.57. The molecule has 0 aromatic heterocycles. The maximum Gasteiger partial charge on any atom is 0.123 e. The van der Waals surface area contributed by atoms with Crippen molar-refractivity contribution >= 4 is 0 Å². The second-order valence-corrected chi connectivity index (χ2v) is 5.68. The minimum absolute atomic E-state index is 0.330. The molecule has 0 saturated carbocycles. The molecule has 110 valence electrons. The minimum Gasteiger partial charge on any atom is -0.496 e. The first kappa shape index (κ1) is 14.2. The summed E-state index contributed by atoms with van der Waals surface area (Å²) in [7, 11) is 1.75. The molecule has 21 heavy (non-hydrogen) atoms. The van der Waals surface area contributed by atoms with E-state index < -0.39 is 0 Å². The van der Waals surface area contributed by atoms with Crippen LogP contribution in [0.1, 0.15) is 42.0 Å². The van der Waals surface area contributed by atoms with Crippen LogP contribution in [0.4, 0.5) is 0 Å². The molecule has 1 aliphatic rings. The van der Waals surface area contributed by atoms with Crippen molar-refractivity contribution in [3.05, 3.63) is 65.2 Å². The fourth-order valence-corrected chi connectivity index (χ4v) is 3.29. The summed E-state index contributed by atoms with van der Waals surface area (Å²) in [6, 6.07) is 17.5. The van der Waals surface area contributed by atoms with Crippen LogP contribution < -0.4 is 10.1 Å². The smallest absolute Gasteiger partial charge is 0.123 e. The second kappa shape index (κ2) is 6.31. The highest BCUT2D eigenvalue weighted by atomic mass is 16.5. The lowest BCUT2D eigenvalue weighted by molar-refractivity contribution is 0.371. The van der Waals surface area contributed by atoms with Crippen LogP contribution in [0.15, 0.2) is 48.5 Å². The standard InChI is InChI=1S/C19H23NO/c1-3-12-20-19(16-10-6-7-11-18(16)21-2)17-13-14-8-4-5-9-15(14)17/h4-11,17,19-20H,3,12-13H2,1-2H3. The molecular weight excluding hydrogens is 258 g/mol. The van der Waals surface area contributed by atoms with Crippen LogP contribution in [0, 0.1) is 0 Å². The van der Waals surface area contributed by atoms with E-state index in [9.17, 15) is 0 Å². The summed E-state index contributed by atoms with van der Waals surface area (Å²) >= 11 is 0. The molecule has 0 saturated heterocycles. The predicted octanol–water partition coefficient (Wildman–Crippen LogP) is 4.08. The molecule has 0 spiro atoms. The van der Waals surface area contributed by atoms with Crippen LogP contribution in [-0.2, 0) is 6.42 Å². The van der Waals surface area contributed by atoms with Gasteiger partial charge in [0.2, 0.25) is 0 Å². The lowest BCUT2D eigenvalue weighted by Crippen LogP contribution is -2.34. The van der Waals surface area contributed by atoms with E-state index in [4.69, 9.17) is 4.74 Å². The van der Waals surface area contributed by atoms with Crippen molar-refractivity contribution in [2.75, 3.05) is 13.7 Å². The average Bonchev–Trinajstić information content (AvgIpc) is 2.51. The molecular formula is C19H23NO. The van der Waals surface area contributed by atoms with E-state index in [0.29, 0.717) is 12.0 Å². The zero-order valence-electron chi connectivity index (χ0n) is 12.8. The predicted molar refractivity (Wildman–Crippen MR) is 86.9 cm³/mol. The number of ether oxygens (including phenoxy) is 1. The van der Waals surface area contributed by atoms with E-state index in [-0.39, 0.29) is 0 Å². The van der Waals surface area contributed by atoms with Gasteiger partial charge in [-0.3, -0.25) is 0 Å². The van der Waals surface area contributed by atoms with Gasteiger partial charge in [-0.05, 0) is 36.6 Å². The molecule has 0 amide bonds. The second-order valence-electron chi connectivity index (χ2n) is 5.68. The summed E-state index contributed by atoms with van der Waals surface area (Å²) in [4.78, 5) is 0. The van der Waals surface area contributed by atoms with E-state index in [0.717, 1.165) is 25.1 Å². The quantitative estimate of drug-likeness (QED) is 0.861. The zero-order chi connectivity index (χ0) is 14.7. The molecule has 2 heteroatoms. The Morgan fingerprint density at radius 3 is 2.67 bits per heavy atom. The van der Waals surface area contributed by atoms with E-state index in [1.54, 1.807) is 7.11 Å². The molecule has 3 rings (SSSR count). The minimum atomic E-state index is 0.330. The van der Waals surface area contributed by atoms with Gasteiger partial charge in [0.1, 0.15) is 5.75 Å². The fourth-order valence-electron chi connectivity index (χ4n) is 3.29. The third-order valence-corrected chi connectivity index (χ3v) is 4.38. The van der Waals surface area contributed by atoms with Crippen LogP contribution in [0.25, 0.3) is 0 Å². The third-order valence-electron chi connectivity index (χ3n) is 4.38. The Hall–Kier alpha value is -1.80. The molecule has 0 bridgehead atoms. The first-order valence-corrected chi connectivity index (χ1v) is 7.79. The highest BCUT2D eigenvalue weighted by Gasteiger charge is 2.34. The first-order chi connectivity index (χ1) is 10.3. The van der Waals surface area contributed by atoms with Crippen LogP contribution in [-0.4, -0.2) is 13.7 Å². The van der Waals surface area contributed by atoms with Crippen LogP contribution in [0.5, 0.6) is 5.75 Å². The molecule has 0 aliphatic heterocycles. The van der Waals surface area contributed by atoms with Gasteiger partial charge < -0.3 is 10.1 Å². The molecule has 1 aliphatic carbocycles. The maximum atomic E-state index is 5.57. The summed E-state index contributed by atoms with van der Waals surface area (Å²) in [5.41, 5.74) is 4.24. The molecule has 2 nitrogen and oxygen atoms in total. The summed E-state index contributed by atoms with van der Waals surface area (Å²) in [5, 5.41) is 3.72. The van der Waals surface area contributed by atoms with Crippen molar-refractivity contribution in [3.63, 3.8) is 0 Å². The Morgan fingerprint density at radius 1 is 1.14 bits per heavy atom. The van der Waals surface area contributed by atoms with Crippen LogP contribution >= 0.6 is 0 Å². The van der Waals surface area contributed by atoms with Gasteiger partial charge >= 0.3 is 0 Å². The summed E-state index contributed by atoms with van der Waals surface area (Å²) in [6.45, 7) is 3.24. The number of hydrogen-bond acceptors (Lipinski definition) is 2. The SMILES string of the molecule is CCCNC(c1ccccc1OC)C1Cc2ccccc21. The average molecular weight is 281 g/mol. The first-order valence-electron chi connectivity index (χ1n) is 7.79. The summed E-state index contributed by atoms with van der Waals surface area (Å²) in [6.07, 6.45) is 2.29. The Balaban J connectivity index is 1.92. The van der Waals surface area contributed by atoms with Crippen LogP contribution in [0.2, 0.25) is 0 Å². The number of methoxy groups -OCH3 is 1.